The van der Waals surface area contributed by atoms with Crippen molar-refractivity contribution in [2.75, 3.05) is 35.0 Å². The van der Waals surface area contributed by atoms with Gasteiger partial charge in [0.25, 0.3) is 5.56 Å². The SMILES string of the molecule is COc1ccc(CCn2c(O)c(C3c4cc(OC)c(OC)cc4CCN3C(C)=O)c(=O)[nH]c2=O)cc1OC. The standard InChI is InChI=1S/C27H31N3O8/c1-15(31)29-11-9-17-13-21(37-4)22(38-5)14-18(17)24(29)23-25(32)28-27(34)30(26(23)33)10-8-16-6-7-19(35-2)20(12-16)36-3/h6-7,12-14,24,33H,8-11H2,1-5H3,(H,28,32,34). The smallest absolute Gasteiger partial charge is 0.331 e. The molecule has 0 saturated carbocycles. The predicted octanol–water partition coefficient (Wildman–Crippen LogP) is 2.01. The molecular weight excluding hydrogens is 494 g/mol. The van der Waals surface area contributed by atoms with Crippen molar-refractivity contribution < 1.29 is 28.8 Å². The van der Waals surface area contributed by atoms with Crippen molar-refractivity contribution in [2.45, 2.75) is 32.4 Å². The number of hydrogen-bond donors (Lipinski definition) is 2. The molecule has 38 heavy (non-hydrogen) atoms. The quantitative estimate of drug-likeness (QED) is 0.457. The maximum Gasteiger partial charge on any atom is 0.331 e. The van der Waals surface area contributed by atoms with Crippen LogP contribution in [0.1, 0.15) is 35.2 Å². The van der Waals surface area contributed by atoms with Crippen molar-refractivity contribution in [3.05, 3.63) is 73.4 Å². The number of H-pyrrole nitrogens is 1. The first kappa shape index (κ1) is 26.6. The van der Waals surface area contributed by atoms with E-state index in [1.807, 2.05) is 6.07 Å². The van der Waals surface area contributed by atoms with Crippen LogP contribution in [0.15, 0.2) is 39.9 Å². The molecule has 0 spiro atoms. The van der Waals surface area contributed by atoms with E-state index in [1.165, 1.54) is 40.3 Å². The molecular formula is C27H31N3O8. The van der Waals surface area contributed by atoms with Crippen LogP contribution in [0.4, 0.5) is 0 Å². The highest BCUT2D eigenvalue weighted by molar-refractivity contribution is 5.75. The van der Waals surface area contributed by atoms with Crippen molar-refractivity contribution in [1.29, 1.82) is 0 Å². The summed E-state index contributed by atoms with van der Waals surface area (Å²) in [7, 11) is 6.08. The largest absolute Gasteiger partial charge is 0.494 e. The van der Waals surface area contributed by atoms with Gasteiger partial charge in [0.1, 0.15) is 5.56 Å². The highest BCUT2D eigenvalue weighted by Gasteiger charge is 2.36. The van der Waals surface area contributed by atoms with Gasteiger partial charge in [-0.2, -0.15) is 0 Å². The van der Waals surface area contributed by atoms with Crippen LogP contribution in [-0.4, -0.2) is 60.4 Å². The summed E-state index contributed by atoms with van der Waals surface area (Å²) in [6.45, 7) is 1.78. The van der Waals surface area contributed by atoms with Crippen molar-refractivity contribution in [2.24, 2.45) is 0 Å². The number of aromatic nitrogens is 2. The third-order valence-corrected chi connectivity index (χ3v) is 6.83. The molecule has 202 valence electrons. The van der Waals surface area contributed by atoms with E-state index in [1.54, 1.807) is 24.3 Å². The molecule has 1 unspecified atom stereocenters. The van der Waals surface area contributed by atoms with Crippen molar-refractivity contribution in [3.8, 4) is 28.9 Å². The van der Waals surface area contributed by atoms with E-state index in [4.69, 9.17) is 18.9 Å². The van der Waals surface area contributed by atoms with Gasteiger partial charge < -0.3 is 29.0 Å². The first-order valence-corrected chi connectivity index (χ1v) is 12.0. The molecule has 1 aliphatic heterocycles. The number of amides is 1. The molecule has 11 heteroatoms. The zero-order valence-electron chi connectivity index (χ0n) is 22.0. The summed E-state index contributed by atoms with van der Waals surface area (Å²) in [5.41, 5.74) is 0.650. The van der Waals surface area contributed by atoms with E-state index >= 15 is 0 Å². The van der Waals surface area contributed by atoms with Crippen molar-refractivity contribution >= 4 is 5.91 Å². The fourth-order valence-corrected chi connectivity index (χ4v) is 4.90. The van der Waals surface area contributed by atoms with Gasteiger partial charge in [0.15, 0.2) is 23.0 Å². The normalized spacial score (nSPS) is 14.6. The molecule has 1 aliphatic rings. The van der Waals surface area contributed by atoms with Gasteiger partial charge in [-0.3, -0.25) is 19.1 Å². The van der Waals surface area contributed by atoms with Crippen LogP contribution >= 0.6 is 0 Å². The molecule has 2 N–H and O–H groups in total. The third-order valence-electron chi connectivity index (χ3n) is 6.83. The van der Waals surface area contributed by atoms with Crippen molar-refractivity contribution in [3.63, 3.8) is 0 Å². The summed E-state index contributed by atoms with van der Waals surface area (Å²) in [6.07, 6.45) is 0.866. The first-order valence-electron chi connectivity index (χ1n) is 12.0. The Hall–Kier alpha value is -4.41. The molecule has 0 bridgehead atoms. The number of aromatic amines is 1. The average molecular weight is 526 g/mol. The number of carbonyl (C=O) groups excluding carboxylic acids is 1. The number of aromatic hydroxyl groups is 1. The Balaban J connectivity index is 1.81. The average Bonchev–Trinajstić information content (AvgIpc) is 2.91. The van der Waals surface area contributed by atoms with Gasteiger partial charge in [-0.25, -0.2) is 4.79 Å². The topological polar surface area (TPSA) is 132 Å². The fraction of sp³-hybridized carbons (Fsp3) is 0.370. The van der Waals surface area contributed by atoms with Gasteiger partial charge in [-0.1, -0.05) is 6.07 Å². The zero-order valence-corrected chi connectivity index (χ0v) is 22.0. The molecule has 0 aliphatic carbocycles. The van der Waals surface area contributed by atoms with Crippen LogP contribution in [0.25, 0.3) is 0 Å². The lowest BCUT2D eigenvalue weighted by Crippen LogP contribution is -2.43. The Morgan fingerprint density at radius 1 is 0.974 bits per heavy atom. The summed E-state index contributed by atoms with van der Waals surface area (Å²) < 4.78 is 22.6. The Labute approximate surface area is 219 Å². The number of aryl methyl sites for hydroxylation is 1. The number of nitrogens with zero attached hydrogens (tertiary/aromatic N) is 2. The molecule has 1 atom stereocenters. The zero-order chi connectivity index (χ0) is 27.6. The first-order chi connectivity index (χ1) is 18.2. The number of nitrogens with one attached hydrogen (secondary N) is 1. The van der Waals surface area contributed by atoms with E-state index in [-0.39, 0.29) is 18.0 Å². The predicted molar refractivity (Wildman–Crippen MR) is 139 cm³/mol. The monoisotopic (exact) mass is 525 g/mol. The van der Waals surface area contributed by atoms with E-state index in [0.29, 0.717) is 47.9 Å². The maximum absolute atomic E-state index is 13.1. The van der Waals surface area contributed by atoms with E-state index in [0.717, 1.165) is 15.7 Å². The molecule has 11 nitrogen and oxygen atoms in total. The van der Waals surface area contributed by atoms with Gasteiger partial charge in [-0.15, -0.1) is 0 Å². The van der Waals surface area contributed by atoms with Gasteiger partial charge in [0, 0.05) is 20.0 Å². The van der Waals surface area contributed by atoms with E-state index in [9.17, 15) is 19.5 Å². The van der Waals surface area contributed by atoms with Gasteiger partial charge in [-0.05, 0) is 53.8 Å². The molecule has 0 radical (unpaired) electrons. The second kappa shape index (κ2) is 10.9. The van der Waals surface area contributed by atoms with Gasteiger partial charge in [0.05, 0.1) is 34.5 Å². The summed E-state index contributed by atoms with van der Waals surface area (Å²) in [5.74, 6) is 1.24. The number of rotatable bonds is 8. The number of hydrogen-bond acceptors (Lipinski definition) is 8. The maximum atomic E-state index is 13.1. The number of carbonyl (C=O) groups is 1. The van der Waals surface area contributed by atoms with E-state index in [2.05, 4.69) is 4.98 Å². The second-order valence-corrected chi connectivity index (χ2v) is 8.86. The summed E-state index contributed by atoms with van der Waals surface area (Å²) in [4.78, 5) is 42.4. The van der Waals surface area contributed by atoms with Crippen LogP contribution in [0.5, 0.6) is 28.9 Å². The van der Waals surface area contributed by atoms with E-state index < -0.39 is 23.2 Å². The Morgan fingerprint density at radius 3 is 2.24 bits per heavy atom. The Morgan fingerprint density at radius 2 is 1.61 bits per heavy atom. The number of benzene rings is 2. The Bertz CT molecular complexity index is 1480. The lowest BCUT2D eigenvalue weighted by molar-refractivity contribution is -0.130. The highest BCUT2D eigenvalue weighted by atomic mass is 16.5. The van der Waals surface area contributed by atoms with Gasteiger partial charge >= 0.3 is 5.69 Å². The van der Waals surface area contributed by atoms with Crippen LogP contribution < -0.4 is 30.2 Å². The third kappa shape index (κ3) is 4.79. The highest BCUT2D eigenvalue weighted by Crippen LogP contribution is 2.42. The molecule has 1 aromatic heterocycles. The van der Waals surface area contributed by atoms with Crippen LogP contribution in [0, 0.1) is 0 Å². The molecule has 0 fully saturated rings. The van der Waals surface area contributed by atoms with Crippen LogP contribution in [0.2, 0.25) is 0 Å². The lowest BCUT2D eigenvalue weighted by Gasteiger charge is -2.37. The summed E-state index contributed by atoms with van der Waals surface area (Å²) in [5, 5.41) is 11.3. The van der Waals surface area contributed by atoms with Crippen LogP contribution in [0.3, 0.4) is 0 Å². The lowest BCUT2D eigenvalue weighted by atomic mass is 9.88. The number of ether oxygens (including phenoxy) is 4. The second-order valence-electron chi connectivity index (χ2n) is 8.86. The fourth-order valence-electron chi connectivity index (χ4n) is 4.90. The number of methoxy groups -OCH3 is 4. The summed E-state index contributed by atoms with van der Waals surface area (Å²) >= 11 is 0. The van der Waals surface area contributed by atoms with Crippen LogP contribution in [-0.2, 0) is 24.2 Å². The molecule has 2 heterocycles. The minimum absolute atomic E-state index is 0.0650. The number of fused-ring (bicyclic) bond motifs is 1. The molecule has 0 saturated heterocycles. The molecule has 2 aromatic carbocycles. The van der Waals surface area contributed by atoms with Crippen molar-refractivity contribution in [1.82, 2.24) is 14.5 Å². The minimum atomic E-state index is -0.937. The minimum Gasteiger partial charge on any atom is -0.494 e. The molecule has 3 aromatic rings. The summed E-state index contributed by atoms with van der Waals surface area (Å²) in [6, 6.07) is 7.92. The van der Waals surface area contributed by atoms with Gasteiger partial charge in [0.2, 0.25) is 11.8 Å². The Kier molecular flexibility index (Phi) is 7.65. The molecule has 4 rings (SSSR count). The molecule has 1 amide bonds.